The number of nitrogens with one attached hydrogen (secondary N) is 2. The van der Waals surface area contributed by atoms with Crippen molar-refractivity contribution < 1.29 is 9.26 Å². The molecular formula is C20H28N4O2. The predicted octanol–water partition coefficient (Wildman–Crippen LogP) is 3.15. The third-order valence-electron chi connectivity index (χ3n) is 3.93. The van der Waals surface area contributed by atoms with Gasteiger partial charge in [-0.3, -0.25) is 0 Å². The van der Waals surface area contributed by atoms with Crippen LogP contribution >= 0.6 is 0 Å². The molecule has 0 spiro atoms. The summed E-state index contributed by atoms with van der Waals surface area (Å²) in [5.74, 6) is 2.49. The van der Waals surface area contributed by atoms with Crippen molar-refractivity contribution in [3.05, 3.63) is 59.5 Å². The molecule has 140 valence electrons. The fraction of sp³-hybridized carbons (Fsp3) is 0.400. The molecule has 2 aromatic rings. The first-order valence-corrected chi connectivity index (χ1v) is 8.91. The molecule has 1 aromatic heterocycles. The Morgan fingerprint density at radius 2 is 2.12 bits per heavy atom. The van der Waals surface area contributed by atoms with E-state index in [1.54, 1.807) is 6.08 Å². The normalized spacial score (nSPS) is 11.3. The van der Waals surface area contributed by atoms with Crippen LogP contribution in [0.25, 0.3) is 0 Å². The van der Waals surface area contributed by atoms with Gasteiger partial charge in [-0.25, -0.2) is 4.99 Å². The molecule has 2 N–H and O–H groups in total. The number of para-hydroxylation sites is 1. The Bertz CT molecular complexity index is 718. The Kier molecular flexibility index (Phi) is 7.74. The van der Waals surface area contributed by atoms with Gasteiger partial charge in [0.15, 0.2) is 5.96 Å². The van der Waals surface area contributed by atoms with Crippen LogP contribution in [0, 0.1) is 13.8 Å². The molecule has 0 atom stereocenters. The molecule has 0 bridgehead atoms. The lowest BCUT2D eigenvalue weighted by molar-refractivity contribution is 0.359. The second kappa shape index (κ2) is 10.3. The van der Waals surface area contributed by atoms with Crippen molar-refractivity contribution >= 4 is 5.96 Å². The fourth-order valence-corrected chi connectivity index (χ4v) is 2.59. The van der Waals surface area contributed by atoms with Crippen LogP contribution in [-0.4, -0.2) is 30.8 Å². The van der Waals surface area contributed by atoms with E-state index in [0.29, 0.717) is 13.2 Å². The minimum atomic E-state index is 0.483. The largest absolute Gasteiger partial charge is 0.489 e. The zero-order chi connectivity index (χ0) is 18.8. The first-order valence-electron chi connectivity index (χ1n) is 8.91. The summed E-state index contributed by atoms with van der Waals surface area (Å²) in [6.45, 7) is 12.2. The van der Waals surface area contributed by atoms with E-state index in [-0.39, 0.29) is 0 Å². The lowest BCUT2D eigenvalue weighted by Crippen LogP contribution is -2.38. The number of hydrogen-bond acceptors (Lipinski definition) is 4. The lowest BCUT2D eigenvalue weighted by atomic mass is 10.1. The summed E-state index contributed by atoms with van der Waals surface area (Å²) in [7, 11) is 0. The van der Waals surface area contributed by atoms with Crippen molar-refractivity contribution in [2.24, 2.45) is 4.99 Å². The standard InChI is InChI=1S/C20H28N4O2/c1-5-13-25-19-10-8-7-9-17(19)14-23-20(21-6-2)22-12-11-18-15(3)24-26-16(18)4/h5,7-10H,1,6,11-14H2,2-4H3,(H2,21,22,23). The van der Waals surface area contributed by atoms with Crippen LogP contribution in [0.5, 0.6) is 5.75 Å². The van der Waals surface area contributed by atoms with E-state index in [0.717, 1.165) is 53.8 Å². The van der Waals surface area contributed by atoms with Crippen molar-refractivity contribution in [3.63, 3.8) is 0 Å². The van der Waals surface area contributed by atoms with E-state index in [1.807, 2.05) is 45.0 Å². The third kappa shape index (κ3) is 5.65. The molecule has 0 saturated heterocycles. The van der Waals surface area contributed by atoms with Crippen molar-refractivity contribution in [1.82, 2.24) is 15.8 Å². The summed E-state index contributed by atoms with van der Waals surface area (Å²) in [4.78, 5) is 4.67. The molecule has 0 aliphatic rings. The number of nitrogens with zero attached hydrogens (tertiary/aromatic N) is 2. The molecule has 0 amide bonds. The zero-order valence-electron chi connectivity index (χ0n) is 15.8. The average Bonchev–Trinajstić information content (AvgIpc) is 2.97. The van der Waals surface area contributed by atoms with Gasteiger partial charge >= 0.3 is 0 Å². The first-order chi connectivity index (χ1) is 12.7. The molecule has 0 unspecified atom stereocenters. The molecule has 6 nitrogen and oxygen atoms in total. The average molecular weight is 356 g/mol. The molecule has 0 saturated carbocycles. The first kappa shape index (κ1) is 19.6. The molecular weight excluding hydrogens is 328 g/mol. The van der Waals surface area contributed by atoms with E-state index < -0.39 is 0 Å². The van der Waals surface area contributed by atoms with Crippen LogP contribution in [0.15, 0.2) is 46.4 Å². The Morgan fingerprint density at radius 3 is 2.81 bits per heavy atom. The number of aryl methyl sites for hydroxylation is 2. The maximum Gasteiger partial charge on any atom is 0.191 e. The Balaban J connectivity index is 1.97. The second-order valence-electron chi connectivity index (χ2n) is 5.88. The predicted molar refractivity (Wildman–Crippen MR) is 105 cm³/mol. The van der Waals surface area contributed by atoms with Gasteiger partial charge in [0.1, 0.15) is 18.1 Å². The number of guanidine groups is 1. The van der Waals surface area contributed by atoms with Crippen molar-refractivity contribution in [2.45, 2.75) is 33.7 Å². The van der Waals surface area contributed by atoms with Crippen LogP contribution < -0.4 is 15.4 Å². The van der Waals surface area contributed by atoms with Crippen LogP contribution in [0.3, 0.4) is 0 Å². The highest BCUT2D eigenvalue weighted by molar-refractivity contribution is 5.79. The van der Waals surface area contributed by atoms with E-state index in [9.17, 15) is 0 Å². The number of ether oxygens (including phenoxy) is 1. The molecule has 26 heavy (non-hydrogen) atoms. The maximum atomic E-state index is 5.69. The molecule has 0 radical (unpaired) electrons. The number of aliphatic imine (C=N–C) groups is 1. The van der Waals surface area contributed by atoms with E-state index in [2.05, 4.69) is 27.4 Å². The second-order valence-corrected chi connectivity index (χ2v) is 5.88. The zero-order valence-corrected chi connectivity index (χ0v) is 15.8. The summed E-state index contributed by atoms with van der Waals surface area (Å²) >= 11 is 0. The van der Waals surface area contributed by atoms with Gasteiger partial charge < -0.3 is 19.9 Å². The van der Waals surface area contributed by atoms with Gasteiger partial charge in [-0.2, -0.15) is 0 Å². The minimum Gasteiger partial charge on any atom is -0.489 e. The van der Waals surface area contributed by atoms with Crippen molar-refractivity contribution in [3.8, 4) is 5.75 Å². The third-order valence-corrected chi connectivity index (χ3v) is 3.93. The summed E-state index contributed by atoms with van der Waals surface area (Å²) in [5, 5.41) is 10.6. The number of aromatic nitrogens is 1. The van der Waals surface area contributed by atoms with Gasteiger partial charge in [-0.15, -0.1) is 0 Å². The van der Waals surface area contributed by atoms with E-state index in [1.165, 1.54) is 0 Å². The van der Waals surface area contributed by atoms with Gasteiger partial charge in [-0.1, -0.05) is 36.0 Å². The molecule has 6 heteroatoms. The number of hydrogen-bond donors (Lipinski definition) is 2. The quantitative estimate of drug-likeness (QED) is 0.410. The Labute approximate surface area is 155 Å². The van der Waals surface area contributed by atoms with Gasteiger partial charge in [0, 0.05) is 24.2 Å². The van der Waals surface area contributed by atoms with Crippen LogP contribution in [0.1, 0.15) is 29.5 Å². The fourth-order valence-electron chi connectivity index (χ4n) is 2.59. The number of benzene rings is 1. The van der Waals surface area contributed by atoms with E-state index >= 15 is 0 Å². The SMILES string of the molecule is C=CCOc1ccccc1CN=C(NCC)NCCc1c(C)noc1C. The molecule has 1 aromatic carbocycles. The van der Waals surface area contributed by atoms with Gasteiger partial charge in [-0.05, 0) is 33.3 Å². The molecule has 1 heterocycles. The molecule has 0 fully saturated rings. The Morgan fingerprint density at radius 1 is 1.31 bits per heavy atom. The summed E-state index contributed by atoms with van der Waals surface area (Å²) < 4.78 is 10.9. The topological polar surface area (TPSA) is 71.7 Å². The van der Waals surface area contributed by atoms with Gasteiger partial charge in [0.2, 0.25) is 0 Å². The minimum absolute atomic E-state index is 0.483. The highest BCUT2D eigenvalue weighted by Crippen LogP contribution is 2.18. The monoisotopic (exact) mass is 356 g/mol. The van der Waals surface area contributed by atoms with E-state index in [4.69, 9.17) is 9.26 Å². The smallest absolute Gasteiger partial charge is 0.191 e. The Hall–Kier alpha value is -2.76. The van der Waals surface area contributed by atoms with Crippen molar-refractivity contribution in [1.29, 1.82) is 0 Å². The number of rotatable bonds is 9. The van der Waals surface area contributed by atoms with Crippen molar-refractivity contribution in [2.75, 3.05) is 19.7 Å². The molecule has 0 aliphatic carbocycles. The molecule has 2 rings (SSSR count). The summed E-state index contributed by atoms with van der Waals surface area (Å²) in [5.41, 5.74) is 3.13. The van der Waals surface area contributed by atoms with Gasteiger partial charge in [0.25, 0.3) is 0 Å². The molecule has 0 aliphatic heterocycles. The highest BCUT2D eigenvalue weighted by Gasteiger charge is 2.09. The highest BCUT2D eigenvalue weighted by atomic mass is 16.5. The maximum absolute atomic E-state index is 5.69. The summed E-state index contributed by atoms with van der Waals surface area (Å²) in [6.07, 6.45) is 2.57. The lowest BCUT2D eigenvalue weighted by Gasteiger charge is -2.12. The van der Waals surface area contributed by atoms with Crippen LogP contribution in [0.4, 0.5) is 0 Å². The summed E-state index contributed by atoms with van der Waals surface area (Å²) in [6, 6.07) is 7.92. The van der Waals surface area contributed by atoms with Gasteiger partial charge in [0.05, 0.1) is 12.2 Å². The van der Waals surface area contributed by atoms with Crippen LogP contribution in [0.2, 0.25) is 0 Å². The van der Waals surface area contributed by atoms with Crippen LogP contribution in [-0.2, 0) is 13.0 Å².